The van der Waals surface area contributed by atoms with E-state index in [0.717, 1.165) is 50.8 Å². The van der Waals surface area contributed by atoms with Gasteiger partial charge in [0.15, 0.2) is 5.96 Å². The monoisotopic (exact) mass is 503 g/mol. The number of nitrogens with one attached hydrogen (secondary N) is 1. The summed E-state index contributed by atoms with van der Waals surface area (Å²) in [4.78, 5) is 7.12. The lowest BCUT2D eigenvalue weighted by Crippen LogP contribution is -2.53. The predicted octanol–water partition coefficient (Wildman–Crippen LogP) is 3.23. The van der Waals surface area contributed by atoms with E-state index in [1.54, 1.807) is 0 Å². The van der Waals surface area contributed by atoms with Crippen LogP contribution in [0.2, 0.25) is 0 Å². The zero-order valence-corrected chi connectivity index (χ0v) is 19.6. The van der Waals surface area contributed by atoms with Crippen molar-refractivity contribution in [1.82, 2.24) is 10.2 Å². The van der Waals surface area contributed by atoms with Gasteiger partial charge in [-0.2, -0.15) is 0 Å². The van der Waals surface area contributed by atoms with E-state index in [2.05, 4.69) is 43.1 Å². The molecule has 0 aliphatic carbocycles. The van der Waals surface area contributed by atoms with Crippen molar-refractivity contribution in [3.05, 3.63) is 29.8 Å². The number of benzene rings is 1. The summed E-state index contributed by atoms with van der Waals surface area (Å²) in [6.07, 6.45) is 2.58. The maximum absolute atomic E-state index is 6.02. The molecule has 2 fully saturated rings. The van der Waals surface area contributed by atoms with Crippen molar-refractivity contribution in [2.45, 2.75) is 51.9 Å². The molecule has 1 aromatic rings. The molecule has 3 atom stereocenters. The molecule has 1 N–H and O–H groups in total. The number of guanidine groups is 1. The molecule has 7 heteroatoms. The molecule has 0 saturated carbocycles. The van der Waals surface area contributed by atoms with Crippen LogP contribution in [0, 0.1) is 6.92 Å². The third-order valence-corrected chi connectivity index (χ3v) is 4.93. The summed E-state index contributed by atoms with van der Waals surface area (Å²) < 4.78 is 17.8. The normalized spacial score (nSPS) is 23.8. The fourth-order valence-electron chi connectivity index (χ4n) is 3.59. The van der Waals surface area contributed by atoms with Gasteiger partial charge in [0, 0.05) is 26.2 Å². The molecule has 0 spiro atoms. The summed E-state index contributed by atoms with van der Waals surface area (Å²) in [7, 11) is 0. The summed E-state index contributed by atoms with van der Waals surface area (Å²) in [5.74, 6) is 1.83. The number of ether oxygens (including phenoxy) is 3. The van der Waals surface area contributed by atoms with Gasteiger partial charge in [-0.3, -0.25) is 0 Å². The zero-order chi connectivity index (χ0) is 19.1. The van der Waals surface area contributed by atoms with Gasteiger partial charge in [0.1, 0.15) is 18.0 Å². The van der Waals surface area contributed by atoms with Gasteiger partial charge in [0.2, 0.25) is 0 Å². The summed E-state index contributed by atoms with van der Waals surface area (Å²) in [5.41, 5.74) is 1.20. The second-order valence-corrected chi connectivity index (χ2v) is 7.35. The van der Waals surface area contributed by atoms with Gasteiger partial charge in [0.25, 0.3) is 0 Å². The van der Waals surface area contributed by atoms with Crippen LogP contribution >= 0.6 is 24.0 Å². The van der Waals surface area contributed by atoms with Gasteiger partial charge >= 0.3 is 0 Å². The van der Waals surface area contributed by atoms with E-state index in [0.29, 0.717) is 13.2 Å². The molecule has 3 unspecified atom stereocenters. The highest BCUT2D eigenvalue weighted by Crippen LogP contribution is 2.21. The van der Waals surface area contributed by atoms with Crippen molar-refractivity contribution < 1.29 is 14.2 Å². The number of hydrogen-bond acceptors (Lipinski definition) is 4. The van der Waals surface area contributed by atoms with Crippen molar-refractivity contribution in [3.8, 4) is 5.75 Å². The molecule has 2 aliphatic heterocycles. The molecular formula is C21H34IN3O3. The number of rotatable bonds is 6. The quantitative estimate of drug-likeness (QED) is 0.367. The lowest BCUT2D eigenvalue weighted by Gasteiger charge is -2.37. The molecule has 3 rings (SSSR count). The van der Waals surface area contributed by atoms with Gasteiger partial charge in [-0.25, -0.2) is 4.99 Å². The number of nitrogens with zero attached hydrogens (tertiary/aromatic N) is 2. The van der Waals surface area contributed by atoms with Gasteiger partial charge in [0.05, 0.1) is 19.3 Å². The molecule has 6 nitrogen and oxygen atoms in total. The number of aryl methyl sites for hydroxylation is 1. The van der Waals surface area contributed by atoms with Crippen molar-refractivity contribution in [3.63, 3.8) is 0 Å². The molecule has 2 saturated heterocycles. The largest absolute Gasteiger partial charge is 0.489 e. The Hall–Kier alpha value is -1.06. The van der Waals surface area contributed by atoms with Crippen LogP contribution in [0.1, 0.15) is 32.3 Å². The average Bonchev–Trinajstić information content (AvgIpc) is 3.20. The second-order valence-electron chi connectivity index (χ2n) is 7.35. The highest BCUT2D eigenvalue weighted by atomic mass is 127. The first-order chi connectivity index (χ1) is 13.2. The standard InChI is InChI=1S/C21H33N3O3.HI/c1-4-22-21(23-14-17(3)27-18-8-5-7-16(2)13-18)24-10-12-26-20(15-24)19-9-6-11-25-19;/h5,7-8,13,17,19-20H,4,6,9-12,14-15H2,1-3H3,(H,22,23);1H. The first-order valence-corrected chi connectivity index (χ1v) is 10.2. The minimum atomic E-state index is 0. The van der Waals surface area contributed by atoms with Crippen LogP contribution in [0.25, 0.3) is 0 Å². The van der Waals surface area contributed by atoms with E-state index in [-0.39, 0.29) is 42.3 Å². The molecule has 28 heavy (non-hydrogen) atoms. The first kappa shape index (κ1) is 23.2. The summed E-state index contributed by atoms with van der Waals surface area (Å²) in [5, 5.41) is 3.42. The van der Waals surface area contributed by atoms with Crippen molar-refractivity contribution in [1.29, 1.82) is 0 Å². The summed E-state index contributed by atoms with van der Waals surface area (Å²) >= 11 is 0. The fraction of sp³-hybridized carbons (Fsp3) is 0.667. The molecule has 1 aromatic carbocycles. The van der Waals surface area contributed by atoms with Crippen LogP contribution in [0.3, 0.4) is 0 Å². The van der Waals surface area contributed by atoms with E-state index in [4.69, 9.17) is 19.2 Å². The topological polar surface area (TPSA) is 55.3 Å². The zero-order valence-electron chi connectivity index (χ0n) is 17.2. The minimum absolute atomic E-state index is 0. The Labute approximate surface area is 186 Å². The predicted molar refractivity (Wildman–Crippen MR) is 123 cm³/mol. The maximum Gasteiger partial charge on any atom is 0.194 e. The van der Waals surface area contributed by atoms with E-state index in [1.807, 2.05) is 12.1 Å². The van der Waals surface area contributed by atoms with Crippen LogP contribution in [-0.4, -0.2) is 68.6 Å². The van der Waals surface area contributed by atoms with Crippen molar-refractivity contribution in [2.75, 3.05) is 39.4 Å². The molecule has 2 aliphatic rings. The van der Waals surface area contributed by atoms with Gasteiger partial charge in [-0.05, 0) is 51.3 Å². The van der Waals surface area contributed by atoms with E-state index in [1.165, 1.54) is 5.56 Å². The lowest BCUT2D eigenvalue weighted by atomic mass is 10.1. The van der Waals surface area contributed by atoms with Crippen LogP contribution in [0.4, 0.5) is 0 Å². The third-order valence-electron chi connectivity index (χ3n) is 4.93. The Morgan fingerprint density at radius 1 is 1.32 bits per heavy atom. The smallest absolute Gasteiger partial charge is 0.194 e. The highest BCUT2D eigenvalue weighted by molar-refractivity contribution is 14.0. The van der Waals surface area contributed by atoms with Gasteiger partial charge < -0.3 is 24.4 Å². The molecule has 158 valence electrons. The van der Waals surface area contributed by atoms with E-state index in [9.17, 15) is 0 Å². The molecular weight excluding hydrogens is 469 g/mol. The molecule has 0 amide bonds. The third kappa shape index (κ3) is 6.77. The Morgan fingerprint density at radius 3 is 2.86 bits per heavy atom. The lowest BCUT2D eigenvalue weighted by molar-refractivity contribution is -0.0817. The Kier molecular flexibility index (Phi) is 9.81. The molecule has 0 bridgehead atoms. The fourth-order valence-corrected chi connectivity index (χ4v) is 3.59. The molecule has 2 heterocycles. The van der Waals surface area contributed by atoms with Crippen LogP contribution in [0.15, 0.2) is 29.3 Å². The van der Waals surface area contributed by atoms with Crippen LogP contribution in [-0.2, 0) is 9.47 Å². The minimum Gasteiger partial charge on any atom is -0.489 e. The summed E-state index contributed by atoms with van der Waals surface area (Å²) in [6.45, 7) is 10.9. The Bertz CT molecular complexity index is 623. The summed E-state index contributed by atoms with van der Waals surface area (Å²) in [6, 6.07) is 8.14. The average molecular weight is 503 g/mol. The van der Waals surface area contributed by atoms with Crippen LogP contribution in [0.5, 0.6) is 5.75 Å². The second kappa shape index (κ2) is 11.8. The van der Waals surface area contributed by atoms with Gasteiger partial charge in [-0.15, -0.1) is 24.0 Å². The van der Waals surface area contributed by atoms with E-state index >= 15 is 0 Å². The Balaban J connectivity index is 0.00000280. The van der Waals surface area contributed by atoms with Crippen molar-refractivity contribution >= 4 is 29.9 Å². The van der Waals surface area contributed by atoms with Crippen molar-refractivity contribution in [2.24, 2.45) is 4.99 Å². The van der Waals surface area contributed by atoms with Crippen LogP contribution < -0.4 is 10.1 Å². The highest BCUT2D eigenvalue weighted by Gasteiger charge is 2.32. The number of morpholine rings is 1. The number of aliphatic imine (C=N–C) groups is 1. The van der Waals surface area contributed by atoms with E-state index < -0.39 is 0 Å². The number of hydrogen-bond donors (Lipinski definition) is 1. The SMILES string of the molecule is CCNC(=NCC(C)Oc1cccc(C)c1)N1CCOC(C2CCCO2)C1.I. The molecule has 0 aromatic heterocycles. The first-order valence-electron chi connectivity index (χ1n) is 10.2. The maximum atomic E-state index is 6.02. The Morgan fingerprint density at radius 2 is 2.14 bits per heavy atom. The molecule has 0 radical (unpaired) electrons. The van der Waals surface area contributed by atoms with Gasteiger partial charge in [-0.1, -0.05) is 12.1 Å². The number of halogens is 1.